The van der Waals surface area contributed by atoms with Crippen LogP contribution < -0.4 is 5.32 Å². The number of methoxy groups -OCH3 is 1. The molecule has 186 valence electrons. The Morgan fingerprint density at radius 2 is 1.94 bits per heavy atom. The lowest BCUT2D eigenvalue weighted by atomic mass is 9.57. The molecule has 2 aromatic rings. The zero-order valence-electron chi connectivity index (χ0n) is 20.7. The number of rotatable bonds is 7. The van der Waals surface area contributed by atoms with Crippen LogP contribution in [0.4, 0.5) is 5.69 Å². The molecule has 2 aliphatic heterocycles. The van der Waals surface area contributed by atoms with E-state index in [4.69, 9.17) is 4.74 Å². The second kappa shape index (κ2) is 9.41. The van der Waals surface area contributed by atoms with Crippen LogP contribution in [0.5, 0.6) is 0 Å². The molecule has 0 unspecified atom stereocenters. The first-order valence-electron chi connectivity index (χ1n) is 12.8. The van der Waals surface area contributed by atoms with Crippen molar-refractivity contribution in [3.8, 4) is 0 Å². The van der Waals surface area contributed by atoms with Gasteiger partial charge in [0.25, 0.3) is 0 Å². The highest BCUT2D eigenvalue weighted by Crippen LogP contribution is 2.59. The maximum atomic E-state index is 13.1. The van der Waals surface area contributed by atoms with Crippen LogP contribution in [0.15, 0.2) is 65.9 Å². The van der Waals surface area contributed by atoms with Crippen LogP contribution in [0.25, 0.3) is 0 Å². The number of piperidine rings is 1. The number of para-hydroxylation sites is 1. The van der Waals surface area contributed by atoms with Crippen molar-refractivity contribution in [1.29, 1.82) is 0 Å². The molecule has 6 heteroatoms. The number of esters is 1. The Balaban J connectivity index is 1.69. The Labute approximate surface area is 207 Å². The van der Waals surface area contributed by atoms with Crippen LogP contribution in [0.3, 0.4) is 0 Å². The lowest BCUT2D eigenvalue weighted by molar-refractivity contribution is -0.137. The van der Waals surface area contributed by atoms with E-state index in [0.717, 1.165) is 37.3 Å². The van der Waals surface area contributed by atoms with E-state index in [1.807, 2.05) is 19.1 Å². The standard InChI is InChI=1S/C29H36N2O4/c1-3-28(34,19-32)17-21-16-22(27(33)35-2)25-29(23-12-7-8-13-24(23)30-25)14-9-15-31(26(21)29)18-20-10-5-4-6-11-20/h4-8,10-13,21,26,30,32,34H,3,9,14-19H2,1-2H3/t21-,26-,28+,29-/m1/s1. The molecule has 0 amide bonds. The second-order valence-electron chi connectivity index (χ2n) is 10.4. The van der Waals surface area contributed by atoms with E-state index in [-0.39, 0.29) is 30.0 Å². The SMILES string of the molecule is CC[C@@](O)(CO)C[C@H]1CC(C(=O)OC)=C2Nc3ccccc3[C@]23CCCN(Cc2ccccc2)[C@H]13. The predicted octanol–water partition coefficient (Wildman–Crippen LogP) is 3.99. The van der Waals surface area contributed by atoms with E-state index in [1.165, 1.54) is 18.2 Å². The van der Waals surface area contributed by atoms with Crippen LogP contribution in [0.2, 0.25) is 0 Å². The number of aliphatic hydroxyl groups excluding tert-OH is 1. The van der Waals surface area contributed by atoms with Crippen LogP contribution in [-0.4, -0.2) is 53.0 Å². The van der Waals surface area contributed by atoms with E-state index in [9.17, 15) is 15.0 Å². The highest BCUT2D eigenvalue weighted by atomic mass is 16.5. The Bertz CT molecular complexity index is 1110. The van der Waals surface area contributed by atoms with Crippen LogP contribution in [0, 0.1) is 5.92 Å². The molecule has 0 radical (unpaired) electrons. The Hall–Kier alpha value is -2.67. The van der Waals surface area contributed by atoms with Gasteiger partial charge in [0.05, 0.1) is 30.3 Å². The topological polar surface area (TPSA) is 82.0 Å². The number of carbonyl (C=O) groups excluding carboxylic acids is 1. The highest BCUT2D eigenvalue weighted by molar-refractivity contribution is 5.92. The third-order valence-electron chi connectivity index (χ3n) is 8.50. The van der Waals surface area contributed by atoms with Gasteiger partial charge in [-0.1, -0.05) is 55.5 Å². The lowest BCUT2D eigenvalue weighted by Gasteiger charge is -2.56. The minimum atomic E-state index is -1.19. The van der Waals surface area contributed by atoms with Crippen LogP contribution >= 0.6 is 0 Å². The fraction of sp³-hybridized carbons (Fsp3) is 0.483. The average Bonchev–Trinajstić information content (AvgIpc) is 3.22. The van der Waals surface area contributed by atoms with Crippen molar-refractivity contribution in [2.45, 2.75) is 62.6 Å². The van der Waals surface area contributed by atoms with Gasteiger partial charge in [-0.15, -0.1) is 0 Å². The van der Waals surface area contributed by atoms with Gasteiger partial charge < -0.3 is 20.3 Å². The third-order valence-corrected chi connectivity index (χ3v) is 8.50. The van der Waals surface area contributed by atoms with Gasteiger partial charge in [0, 0.05) is 24.0 Å². The summed E-state index contributed by atoms with van der Waals surface area (Å²) >= 11 is 0. The van der Waals surface area contributed by atoms with Crippen molar-refractivity contribution in [2.24, 2.45) is 5.92 Å². The van der Waals surface area contributed by atoms with Gasteiger partial charge in [-0.25, -0.2) is 4.79 Å². The van der Waals surface area contributed by atoms with E-state index in [1.54, 1.807) is 0 Å². The van der Waals surface area contributed by atoms with Crippen molar-refractivity contribution in [3.63, 3.8) is 0 Å². The maximum absolute atomic E-state index is 13.1. The number of ether oxygens (including phenoxy) is 1. The zero-order chi connectivity index (χ0) is 24.6. The first-order chi connectivity index (χ1) is 17.0. The predicted molar refractivity (Wildman–Crippen MR) is 136 cm³/mol. The van der Waals surface area contributed by atoms with Gasteiger partial charge in [-0.2, -0.15) is 0 Å². The number of hydrogen-bond donors (Lipinski definition) is 3. The van der Waals surface area contributed by atoms with Crippen molar-refractivity contribution in [3.05, 3.63) is 77.0 Å². The largest absolute Gasteiger partial charge is 0.466 e. The molecule has 6 nitrogen and oxygen atoms in total. The molecule has 0 bridgehead atoms. The molecule has 35 heavy (non-hydrogen) atoms. The van der Waals surface area contributed by atoms with Crippen molar-refractivity contribution >= 4 is 11.7 Å². The molecule has 0 saturated carbocycles. The van der Waals surface area contributed by atoms with Crippen LogP contribution in [0.1, 0.15) is 50.2 Å². The molecule has 3 N–H and O–H groups in total. The van der Waals surface area contributed by atoms with E-state index >= 15 is 0 Å². The summed E-state index contributed by atoms with van der Waals surface area (Å²) in [7, 11) is 1.43. The number of nitrogens with one attached hydrogen (secondary N) is 1. The van der Waals surface area contributed by atoms with Crippen LogP contribution in [-0.2, 0) is 21.5 Å². The molecule has 5 rings (SSSR count). The number of aliphatic hydroxyl groups is 2. The smallest absolute Gasteiger partial charge is 0.335 e. The number of anilines is 1. The van der Waals surface area contributed by atoms with Gasteiger partial charge >= 0.3 is 5.97 Å². The Morgan fingerprint density at radius 1 is 1.20 bits per heavy atom. The first-order valence-corrected chi connectivity index (χ1v) is 12.8. The summed E-state index contributed by atoms with van der Waals surface area (Å²) < 4.78 is 5.26. The Kier molecular flexibility index (Phi) is 6.47. The summed E-state index contributed by atoms with van der Waals surface area (Å²) in [6.07, 6.45) is 3.30. The molecule has 1 saturated heterocycles. The monoisotopic (exact) mass is 476 g/mol. The van der Waals surface area contributed by atoms with Gasteiger partial charge in [0.1, 0.15) is 0 Å². The lowest BCUT2D eigenvalue weighted by Crippen LogP contribution is -2.61. The summed E-state index contributed by atoms with van der Waals surface area (Å²) in [5, 5.41) is 25.0. The average molecular weight is 477 g/mol. The number of benzene rings is 2. The third kappa shape index (κ3) is 3.98. The summed E-state index contributed by atoms with van der Waals surface area (Å²) in [6.45, 7) is 3.37. The number of nitrogens with zero attached hydrogens (tertiary/aromatic N) is 1. The summed E-state index contributed by atoms with van der Waals surface area (Å²) in [5.41, 5.74) is 3.57. The number of hydrogen-bond acceptors (Lipinski definition) is 6. The van der Waals surface area contributed by atoms with E-state index in [0.29, 0.717) is 24.8 Å². The second-order valence-corrected chi connectivity index (χ2v) is 10.4. The normalized spacial score (nSPS) is 27.3. The van der Waals surface area contributed by atoms with Crippen molar-refractivity contribution in [1.82, 2.24) is 4.90 Å². The molecular formula is C29H36N2O4. The van der Waals surface area contributed by atoms with Gasteiger partial charge in [-0.3, -0.25) is 4.90 Å². The summed E-state index contributed by atoms with van der Waals surface area (Å²) in [5.74, 6) is -0.339. The fourth-order valence-electron chi connectivity index (χ4n) is 6.91. The molecule has 1 spiro atoms. The molecule has 1 fully saturated rings. The zero-order valence-corrected chi connectivity index (χ0v) is 20.7. The van der Waals surface area contributed by atoms with Crippen molar-refractivity contribution in [2.75, 3.05) is 25.6 Å². The molecule has 1 aliphatic carbocycles. The molecule has 2 heterocycles. The van der Waals surface area contributed by atoms with E-state index < -0.39 is 5.60 Å². The number of likely N-dealkylation sites (tertiary alicyclic amines) is 1. The molecule has 0 aromatic heterocycles. The summed E-state index contributed by atoms with van der Waals surface area (Å²) in [4.78, 5) is 15.7. The quantitative estimate of drug-likeness (QED) is 0.525. The number of fused-ring (bicyclic) bond motifs is 1. The highest BCUT2D eigenvalue weighted by Gasteiger charge is 2.59. The number of carbonyl (C=O) groups is 1. The minimum Gasteiger partial charge on any atom is -0.466 e. The van der Waals surface area contributed by atoms with E-state index in [2.05, 4.69) is 52.7 Å². The molecular weight excluding hydrogens is 440 g/mol. The first kappa shape index (κ1) is 24.0. The fourth-order valence-corrected chi connectivity index (χ4v) is 6.91. The molecule has 4 atom stereocenters. The van der Waals surface area contributed by atoms with Gasteiger partial charge in [0.15, 0.2) is 0 Å². The molecule has 3 aliphatic rings. The summed E-state index contributed by atoms with van der Waals surface area (Å²) in [6, 6.07) is 18.9. The van der Waals surface area contributed by atoms with Crippen molar-refractivity contribution < 1.29 is 19.7 Å². The van der Waals surface area contributed by atoms with Gasteiger partial charge in [0.2, 0.25) is 0 Å². The molecule has 2 aromatic carbocycles. The van der Waals surface area contributed by atoms with Gasteiger partial charge in [-0.05, 0) is 61.8 Å². The minimum absolute atomic E-state index is 0.0260. The maximum Gasteiger partial charge on any atom is 0.335 e. The Morgan fingerprint density at radius 3 is 2.66 bits per heavy atom.